The maximum absolute atomic E-state index is 12.2. The van der Waals surface area contributed by atoms with Gasteiger partial charge in [-0.25, -0.2) is 0 Å². The van der Waals surface area contributed by atoms with Crippen molar-refractivity contribution in [1.29, 1.82) is 0 Å². The van der Waals surface area contributed by atoms with Gasteiger partial charge in [-0.2, -0.15) is 8.42 Å². The molecule has 1 atom stereocenters. The molecule has 0 radical (unpaired) electrons. The lowest BCUT2D eigenvalue weighted by Crippen LogP contribution is -2.21. The van der Waals surface area contributed by atoms with E-state index in [-0.39, 0.29) is 27.3 Å². The van der Waals surface area contributed by atoms with Crippen LogP contribution in [0, 0.1) is 0 Å². The molecular weight excluding hydrogens is 296 g/mol. The van der Waals surface area contributed by atoms with Gasteiger partial charge in [0.05, 0.1) is 11.0 Å². The largest absolute Gasteiger partial charge is 0.297 e. The van der Waals surface area contributed by atoms with Crippen molar-refractivity contribution in [2.45, 2.75) is 84.1 Å². The van der Waals surface area contributed by atoms with Crippen molar-refractivity contribution >= 4 is 10.1 Å². The van der Waals surface area contributed by atoms with E-state index in [0.717, 1.165) is 32.1 Å². The van der Waals surface area contributed by atoms with Crippen molar-refractivity contribution in [3.63, 3.8) is 0 Å². The van der Waals surface area contributed by atoms with Gasteiger partial charge >= 0.3 is 0 Å². The summed E-state index contributed by atoms with van der Waals surface area (Å²) in [4.78, 5) is 0.273. The summed E-state index contributed by atoms with van der Waals surface area (Å²) in [6.45, 7) is 4.27. The fourth-order valence-electron chi connectivity index (χ4n) is 2.59. The van der Waals surface area contributed by atoms with Crippen LogP contribution in [0.1, 0.15) is 80.1 Å². The quantitative estimate of drug-likeness (QED) is 0.645. The maximum Gasteiger partial charge on any atom is 0.297 e. The summed E-state index contributed by atoms with van der Waals surface area (Å²) in [7, 11) is -3.61. The van der Waals surface area contributed by atoms with Crippen molar-refractivity contribution in [3.8, 4) is 0 Å². The van der Waals surface area contributed by atoms with E-state index >= 15 is 0 Å². The van der Waals surface area contributed by atoms with E-state index in [0.29, 0.717) is 5.92 Å². The predicted molar refractivity (Wildman–Crippen MR) is 95.9 cm³/mol. The first-order valence-corrected chi connectivity index (χ1v) is 8.97. The van der Waals surface area contributed by atoms with E-state index < -0.39 is 10.1 Å². The lowest BCUT2D eigenvalue weighted by molar-refractivity contribution is 0.162. The summed E-state index contributed by atoms with van der Waals surface area (Å²) in [5.41, 5.74) is 1.17. The molecule has 0 heterocycles. The van der Waals surface area contributed by atoms with Crippen LogP contribution in [-0.2, 0) is 14.3 Å². The number of benzene rings is 1. The van der Waals surface area contributed by atoms with Crippen molar-refractivity contribution in [2.75, 3.05) is 0 Å². The van der Waals surface area contributed by atoms with Gasteiger partial charge in [-0.05, 0) is 42.9 Å². The zero-order chi connectivity index (χ0) is 14.6. The molecule has 2 rings (SSSR count). The fourth-order valence-corrected chi connectivity index (χ4v) is 3.73. The smallest absolute Gasteiger partial charge is 0.263 e. The molecule has 0 saturated heterocycles. The second-order valence-corrected chi connectivity index (χ2v) is 7.26. The van der Waals surface area contributed by atoms with Crippen LogP contribution < -0.4 is 0 Å². The Morgan fingerprint density at radius 3 is 2.18 bits per heavy atom. The Kier molecular flexibility index (Phi) is 8.94. The topological polar surface area (TPSA) is 43.4 Å². The van der Waals surface area contributed by atoms with Crippen LogP contribution in [0.15, 0.2) is 29.2 Å². The lowest BCUT2D eigenvalue weighted by atomic mass is 9.98. The van der Waals surface area contributed by atoms with Crippen molar-refractivity contribution in [2.24, 2.45) is 0 Å². The third-order valence-corrected chi connectivity index (χ3v) is 5.54. The highest BCUT2D eigenvalue weighted by atomic mass is 32.2. The summed E-state index contributed by atoms with van der Waals surface area (Å²) < 4.78 is 29.8. The summed E-state index contributed by atoms with van der Waals surface area (Å²) in [5.74, 6) is 0.450. The summed E-state index contributed by atoms with van der Waals surface area (Å²) in [5, 5.41) is 0. The molecule has 1 unspecified atom stereocenters. The summed E-state index contributed by atoms with van der Waals surface area (Å²) in [6, 6.07) is 7.12. The van der Waals surface area contributed by atoms with Crippen molar-refractivity contribution < 1.29 is 14.0 Å². The Morgan fingerprint density at radius 2 is 1.68 bits per heavy atom. The fraction of sp³-hybridized carbons (Fsp3) is 0.667. The zero-order valence-corrected chi connectivity index (χ0v) is 13.2. The van der Waals surface area contributed by atoms with Gasteiger partial charge < -0.3 is 0 Å². The SMILES string of the molecule is C.C.CCC(C)c1ccc(S(=O)(=O)OC2CCCCC2)cc1.[HH]. The normalized spacial score (nSPS) is 17.2. The zero-order valence-electron chi connectivity index (χ0n) is 12.3. The Bertz CT molecular complexity index is 520. The highest BCUT2D eigenvalue weighted by Gasteiger charge is 2.23. The second-order valence-electron chi connectivity index (χ2n) is 5.69. The van der Waals surface area contributed by atoms with E-state index in [1.165, 1.54) is 12.0 Å². The minimum atomic E-state index is -3.61. The third kappa shape index (κ3) is 5.40. The molecule has 1 aromatic rings. The Balaban J connectivity index is 0. The molecule has 1 aliphatic carbocycles. The molecule has 0 aromatic heterocycles. The average molecular weight is 331 g/mol. The van der Waals surface area contributed by atoms with Crippen LogP contribution >= 0.6 is 0 Å². The predicted octanol–water partition coefficient (Wildman–Crippen LogP) is 5.76. The van der Waals surface area contributed by atoms with Gasteiger partial charge in [-0.3, -0.25) is 4.18 Å². The van der Waals surface area contributed by atoms with Gasteiger partial charge in [0.1, 0.15) is 0 Å². The van der Waals surface area contributed by atoms with Gasteiger partial charge in [0.25, 0.3) is 10.1 Å². The number of hydrogen-bond acceptors (Lipinski definition) is 3. The third-order valence-electron chi connectivity index (χ3n) is 4.17. The Labute approximate surface area is 138 Å². The highest BCUT2D eigenvalue weighted by molar-refractivity contribution is 7.86. The van der Waals surface area contributed by atoms with E-state index in [4.69, 9.17) is 4.18 Å². The van der Waals surface area contributed by atoms with Crippen molar-refractivity contribution in [1.82, 2.24) is 0 Å². The van der Waals surface area contributed by atoms with Gasteiger partial charge in [-0.1, -0.05) is 60.1 Å². The molecule has 0 bridgehead atoms. The first kappa shape index (κ1) is 21.1. The first-order valence-electron chi connectivity index (χ1n) is 7.56. The van der Waals surface area contributed by atoms with Gasteiger partial charge in [0, 0.05) is 1.43 Å². The van der Waals surface area contributed by atoms with Crippen LogP contribution in [-0.4, -0.2) is 14.5 Å². The van der Waals surface area contributed by atoms with E-state index in [1.54, 1.807) is 12.1 Å². The number of rotatable bonds is 5. The molecule has 1 aromatic carbocycles. The minimum absolute atomic E-state index is 0. The molecule has 1 aliphatic rings. The standard InChI is InChI=1S/C16H24O3S.2CH4.H2/c1-3-13(2)14-9-11-16(12-10-14)20(17,18)19-15-7-5-4-6-8-15;;;/h9-13,15H,3-8H2,1-2H3;2*1H4;1H. The summed E-state index contributed by atoms with van der Waals surface area (Å²) in [6.07, 6.45) is 5.92. The molecule has 0 N–H and O–H groups in total. The monoisotopic (exact) mass is 330 g/mol. The van der Waals surface area contributed by atoms with Crippen molar-refractivity contribution in [3.05, 3.63) is 29.8 Å². The molecule has 3 nitrogen and oxygen atoms in total. The molecule has 4 heteroatoms. The molecule has 0 spiro atoms. The van der Waals surface area contributed by atoms with Crippen LogP contribution in [0.25, 0.3) is 0 Å². The second kappa shape index (κ2) is 9.31. The molecule has 130 valence electrons. The average Bonchev–Trinajstić information content (AvgIpc) is 2.47. The molecule has 1 fully saturated rings. The summed E-state index contributed by atoms with van der Waals surface area (Å²) >= 11 is 0. The van der Waals surface area contributed by atoms with Crippen LogP contribution in [0.4, 0.5) is 0 Å². The lowest BCUT2D eigenvalue weighted by Gasteiger charge is -2.21. The Morgan fingerprint density at radius 1 is 1.14 bits per heavy atom. The molecule has 22 heavy (non-hydrogen) atoms. The number of hydrogen-bond donors (Lipinski definition) is 0. The van der Waals surface area contributed by atoms with Crippen LogP contribution in [0.2, 0.25) is 0 Å². The first-order chi connectivity index (χ1) is 9.53. The highest BCUT2D eigenvalue weighted by Crippen LogP contribution is 2.26. The minimum Gasteiger partial charge on any atom is -0.263 e. The van der Waals surface area contributed by atoms with Gasteiger partial charge in [-0.15, -0.1) is 0 Å². The van der Waals surface area contributed by atoms with E-state index in [9.17, 15) is 8.42 Å². The molecule has 0 amide bonds. The molecule has 0 aliphatic heterocycles. The van der Waals surface area contributed by atoms with Crippen LogP contribution in [0.3, 0.4) is 0 Å². The maximum atomic E-state index is 12.2. The van der Waals surface area contributed by atoms with E-state index in [1.807, 2.05) is 12.1 Å². The molecular formula is C18H34O3S. The van der Waals surface area contributed by atoms with Crippen LogP contribution in [0.5, 0.6) is 0 Å². The van der Waals surface area contributed by atoms with Gasteiger partial charge in [0.15, 0.2) is 0 Å². The Hall–Kier alpha value is -0.870. The molecule has 1 saturated carbocycles. The van der Waals surface area contributed by atoms with E-state index in [2.05, 4.69) is 13.8 Å². The van der Waals surface area contributed by atoms with Gasteiger partial charge in [0.2, 0.25) is 0 Å².